The molecule has 0 saturated heterocycles. The molecule has 0 aliphatic heterocycles. The minimum Gasteiger partial charge on any atom is -0.378 e. The van der Waals surface area contributed by atoms with Gasteiger partial charge in [-0.25, -0.2) is 0 Å². The molecule has 0 radical (unpaired) electrons. The number of unbranched alkanes of at least 4 members (excludes halogenated alkanes) is 4. The fourth-order valence-electron chi connectivity index (χ4n) is 3.67. The summed E-state index contributed by atoms with van der Waals surface area (Å²) in [6, 6.07) is 0.426. The van der Waals surface area contributed by atoms with Crippen molar-refractivity contribution in [1.82, 2.24) is 0 Å². The molecule has 2 heteroatoms. The molecule has 0 amide bonds. The van der Waals surface area contributed by atoms with Crippen LogP contribution < -0.4 is 5.73 Å². The Kier molecular flexibility index (Phi) is 4.87. The van der Waals surface area contributed by atoms with E-state index < -0.39 is 0 Å². The second kappa shape index (κ2) is 6.19. The van der Waals surface area contributed by atoms with E-state index in [0.717, 1.165) is 13.0 Å². The van der Waals surface area contributed by atoms with Crippen LogP contribution in [0, 0.1) is 5.41 Å². The summed E-state index contributed by atoms with van der Waals surface area (Å²) in [5, 5.41) is 0. The summed E-state index contributed by atoms with van der Waals surface area (Å²) in [7, 11) is 0. The Balaban J connectivity index is 1.60. The Morgan fingerprint density at radius 3 is 2.47 bits per heavy atom. The third-order valence-electron chi connectivity index (χ3n) is 4.95. The van der Waals surface area contributed by atoms with E-state index >= 15 is 0 Å². The predicted molar refractivity (Wildman–Crippen MR) is 72.0 cm³/mol. The van der Waals surface area contributed by atoms with Crippen LogP contribution in [0.3, 0.4) is 0 Å². The van der Waals surface area contributed by atoms with Crippen LogP contribution in [-0.4, -0.2) is 18.8 Å². The average Bonchev–Trinajstić information content (AvgIpc) is 2.84. The van der Waals surface area contributed by atoms with E-state index in [0.29, 0.717) is 17.6 Å². The number of rotatable bonds is 7. The molecule has 2 rings (SSSR count). The van der Waals surface area contributed by atoms with Crippen molar-refractivity contribution < 1.29 is 4.74 Å². The van der Waals surface area contributed by atoms with Crippen LogP contribution in [0.1, 0.15) is 71.1 Å². The molecule has 2 aliphatic rings. The summed E-state index contributed by atoms with van der Waals surface area (Å²) in [4.78, 5) is 0. The van der Waals surface area contributed by atoms with E-state index in [1.165, 1.54) is 57.8 Å². The quantitative estimate of drug-likeness (QED) is 0.688. The molecule has 2 aliphatic carbocycles. The monoisotopic (exact) mass is 239 g/mol. The van der Waals surface area contributed by atoms with Crippen LogP contribution in [0.25, 0.3) is 0 Å². The number of hydrogen-bond donors (Lipinski definition) is 1. The van der Waals surface area contributed by atoms with Crippen molar-refractivity contribution in [1.29, 1.82) is 0 Å². The standard InChI is InChI=1S/C15H29NO/c1-2-3-4-5-8-11-17-14-12-13(16)15(14)9-6-7-10-15/h13-14H,2-12,16H2,1H3. The SMILES string of the molecule is CCCCCCCOC1CC(N)C12CCCC2. The topological polar surface area (TPSA) is 35.2 Å². The molecule has 1 spiro atoms. The van der Waals surface area contributed by atoms with Gasteiger partial charge in [-0.1, -0.05) is 45.4 Å². The van der Waals surface area contributed by atoms with E-state index in [-0.39, 0.29) is 0 Å². The van der Waals surface area contributed by atoms with Gasteiger partial charge in [0.15, 0.2) is 0 Å². The smallest absolute Gasteiger partial charge is 0.0661 e. The van der Waals surface area contributed by atoms with Crippen molar-refractivity contribution in [3.63, 3.8) is 0 Å². The summed E-state index contributed by atoms with van der Waals surface area (Å²) < 4.78 is 6.09. The second-order valence-corrected chi connectivity index (χ2v) is 6.06. The van der Waals surface area contributed by atoms with Gasteiger partial charge in [0.25, 0.3) is 0 Å². The lowest BCUT2D eigenvalue weighted by Gasteiger charge is -2.52. The van der Waals surface area contributed by atoms with Crippen LogP contribution >= 0.6 is 0 Å². The molecule has 2 saturated carbocycles. The van der Waals surface area contributed by atoms with Crippen molar-refractivity contribution in [2.24, 2.45) is 11.1 Å². The van der Waals surface area contributed by atoms with Crippen molar-refractivity contribution in [3.8, 4) is 0 Å². The van der Waals surface area contributed by atoms with Gasteiger partial charge < -0.3 is 10.5 Å². The summed E-state index contributed by atoms with van der Waals surface area (Å²) in [5.74, 6) is 0. The Labute approximate surface area is 106 Å². The van der Waals surface area contributed by atoms with E-state index in [1.54, 1.807) is 0 Å². The number of nitrogens with two attached hydrogens (primary N) is 1. The van der Waals surface area contributed by atoms with Gasteiger partial charge in [0.1, 0.15) is 0 Å². The first-order chi connectivity index (χ1) is 8.29. The lowest BCUT2D eigenvalue weighted by Crippen LogP contribution is -2.60. The Morgan fingerprint density at radius 2 is 1.82 bits per heavy atom. The molecular weight excluding hydrogens is 210 g/mol. The maximum atomic E-state index is 6.20. The Morgan fingerprint density at radius 1 is 1.12 bits per heavy atom. The fraction of sp³-hybridized carbons (Fsp3) is 1.00. The van der Waals surface area contributed by atoms with Gasteiger partial charge in [-0.05, 0) is 25.7 Å². The third-order valence-corrected chi connectivity index (χ3v) is 4.95. The normalized spacial score (nSPS) is 30.7. The Bertz CT molecular complexity index is 223. The molecule has 0 heterocycles. The van der Waals surface area contributed by atoms with Crippen molar-refractivity contribution in [3.05, 3.63) is 0 Å². The lowest BCUT2D eigenvalue weighted by molar-refractivity contribution is -0.124. The predicted octanol–water partition coefficient (Wildman–Crippen LogP) is 3.63. The van der Waals surface area contributed by atoms with E-state index in [1.807, 2.05) is 0 Å². The molecule has 0 aromatic rings. The zero-order chi connectivity index (χ0) is 12.1. The van der Waals surface area contributed by atoms with Crippen LogP contribution in [-0.2, 0) is 4.74 Å². The molecule has 2 atom stereocenters. The van der Waals surface area contributed by atoms with Gasteiger partial charge in [0, 0.05) is 18.1 Å². The molecule has 2 N–H and O–H groups in total. The highest BCUT2D eigenvalue weighted by Gasteiger charge is 2.54. The number of hydrogen-bond acceptors (Lipinski definition) is 2. The highest BCUT2D eigenvalue weighted by molar-refractivity contribution is 5.08. The van der Waals surface area contributed by atoms with Crippen LogP contribution in [0.15, 0.2) is 0 Å². The first-order valence-corrected chi connectivity index (χ1v) is 7.67. The molecule has 0 aromatic carbocycles. The van der Waals surface area contributed by atoms with E-state index in [9.17, 15) is 0 Å². The van der Waals surface area contributed by atoms with Gasteiger partial charge in [-0.3, -0.25) is 0 Å². The highest BCUT2D eigenvalue weighted by Crippen LogP contribution is 2.53. The largest absolute Gasteiger partial charge is 0.378 e. The van der Waals surface area contributed by atoms with Crippen LogP contribution in [0.5, 0.6) is 0 Å². The van der Waals surface area contributed by atoms with E-state index in [2.05, 4.69) is 6.92 Å². The molecule has 100 valence electrons. The third kappa shape index (κ3) is 2.85. The molecular formula is C15H29NO. The van der Waals surface area contributed by atoms with Gasteiger partial charge in [0.2, 0.25) is 0 Å². The van der Waals surface area contributed by atoms with Crippen LogP contribution in [0.4, 0.5) is 0 Å². The molecule has 2 unspecified atom stereocenters. The maximum absolute atomic E-state index is 6.20. The Hall–Kier alpha value is -0.0800. The highest BCUT2D eigenvalue weighted by atomic mass is 16.5. The summed E-state index contributed by atoms with van der Waals surface area (Å²) in [6.45, 7) is 3.22. The van der Waals surface area contributed by atoms with Crippen molar-refractivity contribution >= 4 is 0 Å². The van der Waals surface area contributed by atoms with Crippen molar-refractivity contribution in [2.45, 2.75) is 83.3 Å². The van der Waals surface area contributed by atoms with E-state index in [4.69, 9.17) is 10.5 Å². The molecule has 2 nitrogen and oxygen atoms in total. The number of ether oxygens (including phenoxy) is 1. The molecule has 0 aromatic heterocycles. The molecule has 17 heavy (non-hydrogen) atoms. The van der Waals surface area contributed by atoms with Crippen LogP contribution in [0.2, 0.25) is 0 Å². The van der Waals surface area contributed by atoms with Gasteiger partial charge in [0.05, 0.1) is 6.10 Å². The van der Waals surface area contributed by atoms with Gasteiger partial charge in [-0.15, -0.1) is 0 Å². The first-order valence-electron chi connectivity index (χ1n) is 7.67. The minimum atomic E-state index is 0.392. The zero-order valence-corrected chi connectivity index (χ0v) is 11.4. The summed E-state index contributed by atoms with van der Waals surface area (Å²) >= 11 is 0. The van der Waals surface area contributed by atoms with Crippen molar-refractivity contribution in [2.75, 3.05) is 6.61 Å². The summed E-state index contributed by atoms with van der Waals surface area (Å²) in [5.41, 5.74) is 6.59. The lowest BCUT2D eigenvalue weighted by atomic mass is 9.61. The summed E-state index contributed by atoms with van der Waals surface area (Å²) in [6.07, 6.45) is 13.6. The van der Waals surface area contributed by atoms with Gasteiger partial charge >= 0.3 is 0 Å². The molecule has 2 fully saturated rings. The fourth-order valence-corrected chi connectivity index (χ4v) is 3.67. The molecule has 0 bridgehead atoms. The maximum Gasteiger partial charge on any atom is 0.0661 e. The minimum absolute atomic E-state index is 0.392. The first kappa shape index (κ1) is 13.4. The van der Waals surface area contributed by atoms with Gasteiger partial charge in [-0.2, -0.15) is 0 Å². The zero-order valence-electron chi connectivity index (χ0n) is 11.4. The second-order valence-electron chi connectivity index (χ2n) is 6.06. The average molecular weight is 239 g/mol.